The molecule has 3 rings (SSSR count). The molecule has 0 saturated heterocycles. The largest absolute Gasteiger partial charge is 0.469 e. The summed E-state index contributed by atoms with van der Waals surface area (Å²) in [6.07, 6.45) is 0.703. The van der Waals surface area contributed by atoms with Crippen molar-refractivity contribution in [2.24, 2.45) is 0 Å². The van der Waals surface area contributed by atoms with Crippen LogP contribution in [0.4, 0.5) is 0 Å². The SMILES string of the molecule is COC(=O)C(C)c1c(Br)c(Br)c2c(c1C(C)C(=O)OC)Cc1ccccc1-2. The van der Waals surface area contributed by atoms with Gasteiger partial charge in [-0.2, -0.15) is 0 Å². The van der Waals surface area contributed by atoms with Crippen molar-refractivity contribution in [2.75, 3.05) is 14.2 Å². The fraction of sp³-hybridized carbons (Fsp3) is 0.333. The van der Waals surface area contributed by atoms with Crippen LogP contribution in [0, 0.1) is 0 Å². The number of rotatable bonds is 4. The molecule has 0 saturated carbocycles. The van der Waals surface area contributed by atoms with Gasteiger partial charge in [0.25, 0.3) is 0 Å². The van der Waals surface area contributed by atoms with Gasteiger partial charge in [-0.25, -0.2) is 0 Å². The van der Waals surface area contributed by atoms with Crippen LogP contribution in [0.3, 0.4) is 0 Å². The van der Waals surface area contributed by atoms with E-state index in [-0.39, 0.29) is 11.9 Å². The molecule has 2 aromatic carbocycles. The summed E-state index contributed by atoms with van der Waals surface area (Å²) in [4.78, 5) is 24.8. The molecule has 1 aliphatic rings. The molecular weight excluding hydrogens is 476 g/mol. The summed E-state index contributed by atoms with van der Waals surface area (Å²) in [6, 6.07) is 8.18. The van der Waals surface area contributed by atoms with E-state index in [1.54, 1.807) is 6.92 Å². The van der Waals surface area contributed by atoms with Crippen LogP contribution in [0.2, 0.25) is 0 Å². The number of carbonyl (C=O) groups excluding carboxylic acids is 2. The molecule has 0 spiro atoms. The van der Waals surface area contributed by atoms with Crippen LogP contribution in [-0.4, -0.2) is 26.2 Å². The van der Waals surface area contributed by atoms with Gasteiger partial charge in [0, 0.05) is 14.5 Å². The van der Waals surface area contributed by atoms with Crippen LogP contribution >= 0.6 is 31.9 Å². The van der Waals surface area contributed by atoms with Crippen molar-refractivity contribution in [1.82, 2.24) is 0 Å². The molecule has 0 amide bonds. The molecular formula is C21H20Br2O4. The van der Waals surface area contributed by atoms with Crippen molar-refractivity contribution in [1.29, 1.82) is 0 Å². The maximum absolute atomic E-state index is 12.4. The highest BCUT2D eigenvalue weighted by Gasteiger charge is 2.35. The predicted octanol–water partition coefficient (Wildman–Crippen LogP) is 5.34. The first kappa shape index (κ1) is 20.1. The molecule has 0 fully saturated rings. The van der Waals surface area contributed by atoms with E-state index in [1.165, 1.54) is 19.8 Å². The van der Waals surface area contributed by atoms with Gasteiger partial charge >= 0.3 is 11.9 Å². The fourth-order valence-electron chi connectivity index (χ4n) is 3.86. The number of methoxy groups -OCH3 is 2. The van der Waals surface area contributed by atoms with Gasteiger partial charge in [-0.3, -0.25) is 9.59 Å². The summed E-state index contributed by atoms with van der Waals surface area (Å²) < 4.78 is 11.6. The molecule has 1 aliphatic carbocycles. The van der Waals surface area contributed by atoms with Gasteiger partial charge in [-0.05, 0) is 79.9 Å². The minimum absolute atomic E-state index is 0.333. The minimum Gasteiger partial charge on any atom is -0.469 e. The first-order chi connectivity index (χ1) is 12.8. The highest BCUT2D eigenvalue weighted by atomic mass is 79.9. The summed E-state index contributed by atoms with van der Waals surface area (Å²) in [5.74, 6) is -1.72. The summed E-state index contributed by atoms with van der Waals surface area (Å²) in [6.45, 7) is 3.61. The molecule has 0 heterocycles. The Morgan fingerprint density at radius 1 is 0.926 bits per heavy atom. The Balaban J connectivity index is 2.36. The van der Waals surface area contributed by atoms with E-state index in [0.717, 1.165) is 36.8 Å². The minimum atomic E-state index is -0.531. The van der Waals surface area contributed by atoms with Gasteiger partial charge in [0.1, 0.15) is 0 Å². The smallest absolute Gasteiger partial charge is 0.312 e. The third-order valence-corrected chi connectivity index (χ3v) is 7.34. The summed E-state index contributed by atoms with van der Waals surface area (Å²) in [5.41, 5.74) is 6.04. The van der Waals surface area contributed by atoms with E-state index in [4.69, 9.17) is 9.47 Å². The molecule has 142 valence electrons. The molecule has 2 aromatic rings. The average molecular weight is 496 g/mol. The second-order valence-electron chi connectivity index (χ2n) is 6.63. The van der Waals surface area contributed by atoms with E-state index >= 15 is 0 Å². The number of esters is 2. The van der Waals surface area contributed by atoms with Gasteiger partial charge in [-0.1, -0.05) is 24.3 Å². The molecule has 6 heteroatoms. The molecule has 0 radical (unpaired) electrons. The third kappa shape index (κ3) is 3.23. The Hall–Kier alpha value is -1.66. The average Bonchev–Trinajstić information content (AvgIpc) is 3.07. The van der Waals surface area contributed by atoms with Crippen LogP contribution < -0.4 is 0 Å². The van der Waals surface area contributed by atoms with Crippen LogP contribution in [-0.2, 0) is 25.5 Å². The second kappa shape index (κ2) is 7.76. The van der Waals surface area contributed by atoms with E-state index in [1.807, 2.05) is 19.1 Å². The maximum Gasteiger partial charge on any atom is 0.312 e. The first-order valence-corrected chi connectivity index (χ1v) is 10.2. The Labute approximate surface area is 175 Å². The monoisotopic (exact) mass is 494 g/mol. The molecule has 2 atom stereocenters. The lowest BCUT2D eigenvalue weighted by Crippen LogP contribution is -2.20. The van der Waals surface area contributed by atoms with E-state index in [2.05, 4.69) is 44.0 Å². The van der Waals surface area contributed by atoms with Crippen molar-refractivity contribution in [3.63, 3.8) is 0 Å². The zero-order valence-corrected chi connectivity index (χ0v) is 18.7. The zero-order valence-electron chi connectivity index (χ0n) is 15.6. The lowest BCUT2D eigenvalue weighted by atomic mass is 9.83. The number of hydrogen-bond acceptors (Lipinski definition) is 4. The van der Waals surface area contributed by atoms with Crippen molar-refractivity contribution < 1.29 is 19.1 Å². The Morgan fingerprint density at radius 2 is 1.48 bits per heavy atom. The molecule has 2 unspecified atom stereocenters. The number of ether oxygens (including phenoxy) is 2. The lowest BCUT2D eigenvalue weighted by molar-refractivity contribution is -0.143. The van der Waals surface area contributed by atoms with Crippen molar-refractivity contribution in [2.45, 2.75) is 32.1 Å². The quantitative estimate of drug-likeness (QED) is 0.458. The van der Waals surface area contributed by atoms with Gasteiger partial charge < -0.3 is 9.47 Å². The number of hydrogen-bond donors (Lipinski definition) is 0. The van der Waals surface area contributed by atoms with Crippen molar-refractivity contribution in [3.8, 4) is 11.1 Å². The summed E-state index contributed by atoms with van der Waals surface area (Å²) >= 11 is 7.38. The fourth-order valence-corrected chi connectivity index (χ4v) is 5.28. The topological polar surface area (TPSA) is 52.6 Å². The molecule has 4 nitrogen and oxygen atoms in total. The maximum atomic E-state index is 12.4. The van der Waals surface area contributed by atoms with E-state index in [9.17, 15) is 9.59 Å². The van der Waals surface area contributed by atoms with Crippen LogP contribution in [0.25, 0.3) is 11.1 Å². The van der Waals surface area contributed by atoms with Gasteiger partial charge in [0.2, 0.25) is 0 Å². The first-order valence-electron chi connectivity index (χ1n) is 8.60. The molecule has 0 bridgehead atoms. The van der Waals surface area contributed by atoms with E-state index in [0.29, 0.717) is 6.42 Å². The summed E-state index contributed by atoms with van der Waals surface area (Å²) in [5, 5.41) is 0. The van der Waals surface area contributed by atoms with Gasteiger partial charge in [0.15, 0.2) is 0 Å². The molecule has 0 aliphatic heterocycles. The number of halogens is 2. The van der Waals surface area contributed by atoms with Crippen LogP contribution in [0.1, 0.15) is 47.9 Å². The van der Waals surface area contributed by atoms with Crippen LogP contribution in [0.5, 0.6) is 0 Å². The molecule has 0 N–H and O–H groups in total. The Bertz CT molecular complexity index is 936. The van der Waals surface area contributed by atoms with Crippen molar-refractivity contribution in [3.05, 3.63) is 55.5 Å². The highest BCUT2D eigenvalue weighted by Crippen LogP contribution is 2.51. The standard InChI is InChI=1S/C21H20Br2O4/c1-10(20(24)26-3)15-14-9-12-7-5-6-8-13(12)17(14)19(23)18(22)16(15)11(2)21(25)27-4/h5-8,10-11H,9H2,1-4H3. The molecule has 27 heavy (non-hydrogen) atoms. The van der Waals surface area contributed by atoms with Gasteiger partial charge in [-0.15, -0.1) is 0 Å². The molecule has 0 aromatic heterocycles. The predicted molar refractivity (Wildman–Crippen MR) is 111 cm³/mol. The van der Waals surface area contributed by atoms with E-state index < -0.39 is 11.8 Å². The van der Waals surface area contributed by atoms with Gasteiger partial charge in [0.05, 0.1) is 26.1 Å². The Kier molecular flexibility index (Phi) is 5.77. The Morgan fingerprint density at radius 3 is 2.07 bits per heavy atom. The summed E-state index contributed by atoms with van der Waals surface area (Å²) in [7, 11) is 2.75. The number of carbonyl (C=O) groups is 2. The van der Waals surface area contributed by atoms with Crippen LogP contribution in [0.15, 0.2) is 33.2 Å². The highest BCUT2D eigenvalue weighted by molar-refractivity contribution is 9.13. The normalized spacial score (nSPS) is 14.1. The number of benzene rings is 2. The third-order valence-electron chi connectivity index (χ3n) is 5.20. The zero-order chi connectivity index (χ0) is 19.9. The lowest BCUT2D eigenvalue weighted by Gasteiger charge is -2.25. The van der Waals surface area contributed by atoms with Crippen molar-refractivity contribution >= 4 is 43.8 Å². The second-order valence-corrected chi connectivity index (χ2v) is 8.22. The number of fused-ring (bicyclic) bond motifs is 3.